The Morgan fingerprint density at radius 1 is 1.08 bits per heavy atom. The molecule has 138 valence electrons. The number of fused-ring (bicyclic) bond motifs is 1. The van der Waals surface area contributed by atoms with Crippen LogP contribution in [0.1, 0.15) is 47.0 Å². The highest BCUT2D eigenvalue weighted by molar-refractivity contribution is 6.02. The zero-order chi connectivity index (χ0) is 19.0. The summed E-state index contributed by atoms with van der Waals surface area (Å²) >= 11 is 0. The SMILES string of the molecule is COC(=O)C1=C(C(=O)OC)[C@@]2(C)C(=CC1)C(C)(C)CC[C@@H]2OC(C)=O. The van der Waals surface area contributed by atoms with Crippen molar-refractivity contribution in [1.29, 1.82) is 0 Å². The minimum Gasteiger partial charge on any atom is -0.466 e. The summed E-state index contributed by atoms with van der Waals surface area (Å²) in [6.45, 7) is 7.39. The first-order chi connectivity index (χ1) is 11.6. The Hall–Kier alpha value is -2.11. The van der Waals surface area contributed by atoms with Gasteiger partial charge < -0.3 is 14.2 Å². The zero-order valence-electron chi connectivity index (χ0n) is 15.7. The molecule has 0 aliphatic heterocycles. The van der Waals surface area contributed by atoms with Gasteiger partial charge in [-0.15, -0.1) is 0 Å². The van der Waals surface area contributed by atoms with Crippen molar-refractivity contribution in [2.45, 2.75) is 53.1 Å². The third-order valence-electron chi connectivity index (χ3n) is 5.43. The van der Waals surface area contributed by atoms with Crippen LogP contribution in [0, 0.1) is 10.8 Å². The van der Waals surface area contributed by atoms with E-state index >= 15 is 0 Å². The summed E-state index contributed by atoms with van der Waals surface area (Å²) in [5.41, 5.74) is 0.369. The number of esters is 3. The van der Waals surface area contributed by atoms with Crippen LogP contribution in [0.25, 0.3) is 0 Å². The maximum absolute atomic E-state index is 12.6. The van der Waals surface area contributed by atoms with E-state index < -0.39 is 29.4 Å². The van der Waals surface area contributed by atoms with Crippen molar-refractivity contribution in [2.24, 2.45) is 10.8 Å². The predicted molar refractivity (Wildman–Crippen MR) is 90.4 cm³/mol. The minimum atomic E-state index is -0.928. The molecule has 1 saturated carbocycles. The van der Waals surface area contributed by atoms with Crippen molar-refractivity contribution in [3.8, 4) is 0 Å². The Morgan fingerprint density at radius 2 is 1.68 bits per heavy atom. The zero-order valence-corrected chi connectivity index (χ0v) is 15.7. The monoisotopic (exact) mass is 350 g/mol. The second kappa shape index (κ2) is 6.65. The number of hydrogen-bond donors (Lipinski definition) is 0. The van der Waals surface area contributed by atoms with Gasteiger partial charge in [0, 0.05) is 6.92 Å². The van der Waals surface area contributed by atoms with Gasteiger partial charge in [-0.1, -0.05) is 25.5 Å². The molecule has 0 aromatic heterocycles. The summed E-state index contributed by atoms with van der Waals surface area (Å²) in [6.07, 6.45) is 3.12. The largest absolute Gasteiger partial charge is 0.466 e. The fraction of sp³-hybridized carbons (Fsp3) is 0.632. The van der Waals surface area contributed by atoms with Crippen LogP contribution >= 0.6 is 0 Å². The van der Waals surface area contributed by atoms with Gasteiger partial charge >= 0.3 is 17.9 Å². The van der Waals surface area contributed by atoms with Gasteiger partial charge in [-0.25, -0.2) is 9.59 Å². The van der Waals surface area contributed by atoms with Gasteiger partial charge in [0.15, 0.2) is 0 Å². The Morgan fingerprint density at radius 3 is 2.20 bits per heavy atom. The smallest absolute Gasteiger partial charge is 0.335 e. The number of carbonyl (C=O) groups is 3. The van der Waals surface area contributed by atoms with Crippen molar-refractivity contribution < 1.29 is 28.6 Å². The Labute approximate surface area is 148 Å². The van der Waals surface area contributed by atoms with Crippen LogP contribution in [0.3, 0.4) is 0 Å². The summed E-state index contributed by atoms with van der Waals surface area (Å²) in [6, 6.07) is 0. The van der Waals surface area contributed by atoms with Crippen molar-refractivity contribution in [1.82, 2.24) is 0 Å². The third kappa shape index (κ3) is 3.10. The number of ether oxygens (including phenoxy) is 3. The first-order valence-electron chi connectivity index (χ1n) is 8.38. The lowest BCUT2D eigenvalue weighted by Crippen LogP contribution is -2.51. The number of rotatable bonds is 3. The van der Waals surface area contributed by atoms with E-state index in [0.29, 0.717) is 6.42 Å². The van der Waals surface area contributed by atoms with Crippen LogP contribution in [-0.4, -0.2) is 38.2 Å². The van der Waals surface area contributed by atoms with Gasteiger partial charge in [-0.3, -0.25) is 4.79 Å². The lowest BCUT2D eigenvalue weighted by atomic mass is 9.53. The predicted octanol–water partition coefficient (Wildman–Crippen LogP) is 2.72. The Bertz CT molecular complexity index is 669. The third-order valence-corrected chi connectivity index (χ3v) is 5.43. The van der Waals surface area contributed by atoms with E-state index in [1.54, 1.807) is 0 Å². The van der Waals surface area contributed by atoms with E-state index in [0.717, 1.165) is 12.0 Å². The average molecular weight is 350 g/mol. The summed E-state index contributed by atoms with van der Waals surface area (Å²) in [5, 5.41) is 0. The number of hydrogen-bond acceptors (Lipinski definition) is 6. The molecule has 2 aliphatic carbocycles. The molecule has 0 heterocycles. The van der Waals surface area contributed by atoms with E-state index in [1.807, 2.05) is 13.0 Å². The van der Waals surface area contributed by atoms with Crippen molar-refractivity contribution in [3.05, 3.63) is 22.8 Å². The maximum atomic E-state index is 12.6. The molecule has 0 aromatic carbocycles. The standard InChI is InChI=1S/C19H26O6/c1-11(20)25-14-9-10-18(2,3)13-8-7-12(16(21)23-5)15(17(22)24-6)19(13,14)4/h8,14H,7,9-10H2,1-6H3/t14-,19-/m0/s1. The van der Waals surface area contributed by atoms with Gasteiger partial charge in [0.2, 0.25) is 0 Å². The highest BCUT2D eigenvalue weighted by Gasteiger charge is 2.56. The van der Waals surface area contributed by atoms with Crippen molar-refractivity contribution >= 4 is 17.9 Å². The molecule has 2 aliphatic rings. The molecule has 2 atom stereocenters. The molecule has 0 unspecified atom stereocenters. The quantitative estimate of drug-likeness (QED) is 0.442. The maximum Gasteiger partial charge on any atom is 0.335 e. The van der Waals surface area contributed by atoms with Gasteiger partial charge in [0.25, 0.3) is 0 Å². The second-order valence-corrected chi connectivity index (χ2v) is 7.38. The summed E-state index contributed by atoms with van der Waals surface area (Å²) in [7, 11) is 2.56. The van der Waals surface area contributed by atoms with Crippen LogP contribution in [0.4, 0.5) is 0 Å². The van der Waals surface area contributed by atoms with Crippen molar-refractivity contribution in [2.75, 3.05) is 14.2 Å². The molecule has 25 heavy (non-hydrogen) atoms. The molecule has 0 N–H and O–H groups in total. The van der Waals surface area contributed by atoms with Crippen LogP contribution in [0.5, 0.6) is 0 Å². The summed E-state index contributed by atoms with van der Waals surface area (Å²) < 4.78 is 15.4. The molecule has 0 radical (unpaired) electrons. The van der Waals surface area contributed by atoms with Gasteiger partial charge in [0.05, 0.1) is 30.8 Å². The van der Waals surface area contributed by atoms with Gasteiger partial charge in [-0.05, 0) is 31.6 Å². The lowest BCUT2D eigenvalue weighted by Gasteiger charge is -2.52. The molecular weight excluding hydrogens is 324 g/mol. The average Bonchev–Trinajstić information content (AvgIpc) is 2.55. The van der Waals surface area contributed by atoms with Crippen LogP contribution in [-0.2, 0) is 28.6 Å². The van der Waals surface area contributed by atoms with Crippen LogP contribution < -0.4 is 0 Å². The Kier molecular flexibility index (Phi) is 5.11. The second-order valence-electron chi connectivity index (χ2n) is 7.38. The van der Waals surface area contributed by atoms with Gasteiger partial charge in [0.1, 0.15) is 6.10 Å². The molecule has 6 heteroatoms. The number of allylic oxidation sites excluding steroid dienone is 1. The normalized spacial score (nSPS) is 27.8. The van der Waals surface area contributed by atoms with E-state index in [4.69, 9.17) is 14.2 Å². The molecule has 6 nitrogen and oxygen atoms in total. The summed E-state index contributed by atoms with van der Waals surface area (Å²) in [5.74, 6) is -1.58. The molecule has 0 aromatic rings. The molecular formula is C19H26O6. The fourth-order valence-corrected chi connectivity index (χ4v) is 4.32. The molecule has 0 bridgehead atoms. The van der Waals surface area contributed by atoms with Crippen LogP contribution in [0.15, 0.2) is 22.8 Å². The fourth-order valence-electron chi connectivity index (χ4n) is 4.32. The van der Waals surface area contributed by atoms with E-state index in [1.165, 1.54) is 21.1 Å². The first-order valence-corrected chi connectivity index (χ1v) is 8.38. The highest BCUT2D eigenvalue weighted by atomic mass is 16.5. The molecule has 0 saturated heterocycles. The van der Waals surface area contributed by atoms with Crippen molar-refractivity contribution in [3.63, 3.8) is 0 Å². The lowest BCUT2D eigenvalue weighted by molar-refractivity contribution is -0.156. The minimum absolute atomic E-state index is 0.188. The van der Waals surface area contributed by atoms with E-state index in [-0.39, 0.29) is 23.0 Å². The molecule has 2 rings (SSSR count). The highest BCUT2D eigenvalue weighted by Crippen LogP contribution is 2.58. The number of methoxy groups -OCH3 is 2. The topological polar surface area (TPSA) is 78.9 Å². The van der Waals surface area contributed by atoms with Crippen LogP contribution in [0.2, 0.25) is 0 Å². The first kappa shape index (κ1) is 19.2. The number of carbonyl (C=O) groups excluding carboxylic acids is 3. The van der Waals surface area contributed by atoms with Gasteiger partial charge in [-0.2, -0.15) is 0 Å². The molecule has 0 spiro atoms. The Balaban J connectivity index is 2.72. The summed E-state index contributed by atoms with van der Waals surface area (Å²) in [4.78, 5) is 36.6. The molecule has 0 amide bonds. The van der Waals surface area contributed by atoms with E-state index in [2.05, 4.69) is 13.8 Å². The molecule has 1 fully saturated rings. The van der Waals surface area contributed by atoms with E-state index in [9.17, 15) is 14.4 Å².